The molecule has 0 radical (unpaired) electrons. The number of nitrogens with one attached hydrogen (secondary N) is 1. The maximum Gasteiger partial charge on any atom is 0.250 e. The molecule has 0 saturated carbocycles. The van der Waals surface area contributed by atoms with E-state index in [0.29, 0.717) is 29.1 Å². The van der Waals surface area contributed by atoms with Crippen LogP contribution in [0.15, 0.2) is 107 Å². The van der Waals surface area contributed by atoms with Gasteiger partial charge in [-0.2, -0.15) is 5.10 Å². The number of hydrogen-bond acceptors (Lipinski definition) is 8. The largest absolute Gasteiger partial charge is 0.497 e. The van der Waals surface area contributed by atoms with Crippen molar-refractivity contribution in [2.45, 2.75) is 37.9 Å². The summed E-state index contributed by atoms with van der Waals surface area (Å²) in [6.07, 6.45) is 1.57. The molecule has 0 aliphatic rings. The van der Waals surface area contributed by atoms with Gasteiger partial charge in [-0.1, -0.05) is 87.1 Å². The predicted molar refractivity (Wildman–Crippen MR) is 182 cm³/mol. The number of benzene rings is 4. The first-order chi connectivity index (χ1) is 22.2. The number of nitrogens with zero attached hydrogens (tertiary/aromatic N) is 4. The normalized spacial score (nSPS) is 11.4. The molecular formula is C36H37N5O4S. The van der Waals surface area contributed by atoms with Crippen molar-refractivity contribution in [2.24, 2.45) is 5.10 Å². The van der Waals surface area contributed by atoms with Crippen LogP contribution in [0.1, 0.15) is 37.5 Å². The molecule has 5 rings (SSSR count). The minimum absolute atomic E-state index is 0.0326. The summed E-state index contributed by atoms with van der Waals surface area (Å²) in [5.41, 5.74) is 7.43. The van der Waals surface area contributed by atoms with Crippen LogP contribution in [0.4, 0.5) is 0 Å². The van der Waals surface area contributed by atoms with Crippen molar-refractivity contribution in [3.63, 3.8) is 0 Å². The van der Waals surface area contributed by atoms with Crippen molar-refractivity contribution in [2.75, 3.05) is 20.0 Å². The zero-order valence-electron chi connectivity index (χ0n) is 26.6. The molecule has 1 amide bonds. The highest BCUT2D eigenvalue weighted by molar-refractivity contribution is 7.99. The second-order valence-corrected chi connectivity index (χ2v) is 12.4. The lowest BCUT2D eigenvalue weighted by atomic mass is 9.87. The molecule has 0 aliphatic carbocycles. The number of hydrogen-bond donors (Lipinski definition) is 1. The third-order valence-corrected chi connectivity index (χ3v) is 8.06. The Bertz CT molecular complexity index is 1780. The number of rotatable bonds is 12. The Labute approximate surface area is 273 Å². The summed E-state index contributed by atoms with van der Waals surface area (Å²) >= 11 is 1.28. The second-order valence-electron chi connectivity index (χ2n) is 11.4. The third-order valence-electron chi connectivity index (χ3n) is 7.13. The van der Waals surface area contributed by atoms with E-state index in [-0.39, 0.29) is 17.1 Å². The van der Waals surface area contributed by atoms with E-state index in [1.807, 2.05) is 71.3 Å². The van der Waals surface area contributed by atoms with E-state index in [4.69, 9.17) is 14.2 Å². The average Bonchev–Trinajstić information content (AvgIpc) is 3.50. The number of carbonyl (C=O) groups excluding carboxylic acids is 1. The van der Waals surface area contributed by atoms with Crippen molar-refractivity contribution >= 4 is 23.9 Å². The van der Waals surface area contributed by atoms with E-state index >= 15 is 0 Å². The second kappa shape index (κ2) is 14.8. The predicted octanol–water partition coefficient (Wildman–Crippen LogP) is 7.07. The van der Waals surface area contributed by atoms with Crippen molar-refractivity contribution in [1.29, 1.82) is 0 Å². The Morgan fingerprint density at radius 2 is 1.63 bits per heavy atom. The lowest BCUT2D eigenvalue weighted by Crippen LogP contribution is -2.20. The Morgan fingerprint density at radius 3 is 2.30 bits per heavy atom. The number of carbonyl (C=O) groups is 1. The fraction of sp³-hybridized carbons (Fsp3) is 0.222. The van der Waals surface area contributed by atoms with Gasteiger partial charge in [0.25, 0.3) is 5.91 Å². The van der Waals surface area contributed by atoms with E-state index in [1.165, 1.54) is 17.3 Å². The van der Waals surface area contributed by atoms with Crippen molar-refractivity contribution < 1.29 is 19.0 Å². The molecule has 4 aromatic carbocycles. The maximum absolute atomic E-state index is 12.8. The summed E-state index contributed by atoms with van der Waals surface area (Å²) in [5.74, 6) is 2.42. The van der Waals surface area contributed by atoms with Gasteiger partial charge in [0.15, 0.2) is 22.5 Å². The molecule has 0 bridgehead atoms. The van der Waals surface area contributed by atoms with Gasteiger partial charge in [-0.25, -0.2) is 5.43 Å². The lowest BCUT2D eigenvalue weighted by Gasteiger charge is -2.19. The summed E-state index contributed by atoms with van der Waals surface area (Å²) in [6, 6.07) is 31.3. The van der Waals surface area contributed by atoms with Gasteiger partial charge in [0.05, 0.1) is 26.2 Å². The molecule has 0 unspecified atom stereocenters. The first-order valence-electron chi connectivity index (χ1n) is 14.8. The molecule has 46 heavy (non-hydrogen) atoms. The molecule has 1 N–H and O–H groups in total. The Hall–Kier alpha value is -5.09. The number of methoxy groups -OCH3 is 2. The third kappa shape index (κ3) is 8.13. The topological polar surface area (TPSA) is 99.9 Å². The molecule has 9 nitrogen and oxygen atoms in total. The van der Waals surface area contributed by atoms with Crippen LogP contribution < -0.4 is 19.6 Å². The Kier molecular flexibility index (Phi) is 10.4. The zero-order chi connectivity index (χ0) is 32.5. The van der Waals surface area contributed by atoms with Crippen LogP contribution in [0.25, 0.3) is 17.1 Å². The summed E-state index contributed by atoms with van der Waals surface area (Å²) in [4.78, 5) is 12.8. The molecule has 1 heterocycles. The summed E-state index contributed by atoms with van der Waals surface area (Å²) in [5, 5.41) is 13.7. The fourth-order valence-electron chi connectivity index (χ4n) is 4.60. The lowest BCUT2D eigenvalue weighted by molar-refractivity contribution is -0.118. The van der Waals surface area contributed by atoms with Crippen LogP contribution in [0, 0.1) is 0 Å². The first-order valence-corrected chi connectivity index (χ1v) is 15.7. The van der Waals surface area contributed by atoms with Gasteiger partial charge in [0.1, 0.15) is 12.4 Å². The average molecular weight is 636 g/mol. The van der Waals surface area contributed by atoms with Crippen molar-refractivity contribution in [1.82, 2.24) is 20.2 Å². The van der Waals surface area contributed by atoms with E-state index < -0.39 is 0 Å². The molecule has 236 valence electrons. The minimum Gasteiger partial charge on any atom is -0.497 e. The molecular weight excluding hydrogens is 598 g/mol. The molecule has 5 aromatic rings. The zero-order valence-corrected chi connectivity index (χ0v) is 27.4. The van der Waals surface area contributed by atoms with Crippen LogP contribution in [0.5, 0.6) is 17.2 Å². The molecule has 0 aliphatic heterocycles. The first kappa shape index (κ1) is 32.3. The van der Waals surface area contributed by atoms with Crippen LogP contribution in [0.3, 0.4) is 0 Å². The highest BCUT2D eigenvalue weighted by Gasteiger charge is 2.19. The van der Waals surface area contributed by atoms with Crippen molar-refractivity contribution in [3.8, 4) is 34.3 Å². The number of aromatic nitrogens is 3. The van der Waals surface area contributed by atoms with E-state index in [9.17, 15) is 4.79 Å². The van der Waals surface area contributed by atoms with Crippen LogP contribution in [-0.2, 0) is 16.8 Å². The van der Waals surface area contributed by atoms with E-state index in [1.54, 1.807) is 26.5 Å². The number of ether oxygens (including phenoxy) is 3. The summed E-state index contributed by atoms with van der Waals surface area (Å²) in [7, 11) is 3.23. The minimum atomic E-state index is -0.282. The highest BCUT2D eigenvalue weighted by atomic mass is 32.2. The van der Waals surface area contributed by atoms with Crippen molar-refractivity contribution in [3.05, 3.63) is 114 Å². The van der Waals surface area contributed by atoms with Crippen LogP contribution in [-0.4, -0.2) is 46.9 Å². The highest BCUT2D eigenvalue weighted by Crippen LogP contribution is 2.31. The summed E-state index contributed by atoms with van der Waals surface area (Å²) in [6.45, 7) is 6.95. The number of hydrazone groups is 1. The van der Waals surface area contributed by atoms with Gasteiger partial charge in [-0.3, -0.25) is 9.36 Å². The van der Waals surface area contributed by atoms with Gasteiger partial charge in [0, 0.05) is 11.3 Å². The number of amides is 1. The maximum atomic E-state index is 12.8. The van der Waals surface area contributed by atoms with Gasteiger partial charge in [0.2, 0.25) is 0 Å². The Morgan fingerprint density at radius 1 is 0.891 bits per heavy atom. The molecule has 1 aromatic heterocycles. The number of thioether (sulfide) groups is 1. The van der Waals surface area contributed by atoms with Gasteiger partial charge in [-0.15, -0.1) is 10.2 Å². The van der Waals surface area contributed by atoms with E-state index in [2.05, 4.69) is 65.8 Å². The molecule has 0 saturated heterocycles. The van der Waals surface area contributed by atoms with Gasteiger partial charge < -0.3 is 14.2 Å². The monoisotopic (exact) mass is 635 g/mol. The SMILES string of the molecule is COc1ccc(-n2c(SCC(=O)N/N=C\c3ccc(OC)c(OCc4ccccc4)c3)nnc2-c2ccc(C(C)(C)C)cc2)cc1. The van der Waals surface area contributed by atoms with Crippen LogP contribution >= 0.6 is 11.8 Å². The standard InChI is InChI=1S/C36H37N5O4S/c1-36(2,3)28-14-12-27(13-15-28)34-39-40-35(41(34)29-16-18-30(43-4)19-17-29)46-24-33(42)38-37-22-26-11-20-31(44-5)32(21-26)45-23-25-9-7-6-8-10-25/h6-22H,23-24H2,1-5H3,(H,38,42)/b37-22-. The molecule has 0 spiro atoms. The van der Waals surface area contributed by atoms with Gasteiger partial charge >= 0.3 is 0 Å². The van der Waals surface area contributed by atoms with Gasteiger partial charge in [-0.05, 0) is 64.6 Å². The fourth-order valence-corrected chi connectivity index (χ4v) is 5.34. The Balaban J connectivity index is 1.27. The van der Waals surface area contributed by atoms with Crippen LogP contribution in [0.2, 0.25) is 0 Å². The molecule has 0 fully saturated rings. The van der Waals surface area contributed by atoms with E-state index in [0.717, 1.165) is 28.1 Å². The molecule has 0 atom stereocenters. The summed E-state index contributed by atoms with van der Waals surface area (Å²) < 4.78 is 18.7. The smallest absolute Gasteiger partial charge is 0.250 e. The quantitative estimate of drug-likeness (QED) is 0.0889. The molecule has 10 heteroatoms.